The molecule has 0 bridgehead atoms. The van der Waals surface area contributed by atoms with Crippen LogP contribution in [0.25, 0.3) is 17.2 Å². The van der Waals surface area contributed by atoms with Crippen LogP contribution in [0, 0.1) is 0 Å². The van der Waals surface area contributed by atoms with E-state index in [2.05, 4.69) is 22.0 Å². The van der Waals surface area contributed by atoms with Crippen molar-refractivity contribution in [3.63, 3.8) is 0 Å². The van der Waals surface area contributed by atoms with Crippen molar-refractivity contribution in [2.75, 3.05) is 0 Å². The number of hydrogen-bond acceptors (Lipinski definition) is 4. The van der Waals surface area contributed by atoms with Crippen LogP contribution in [-0.4, -0.2) is 26.0 Å². The molecule has 0 saturated heterocycles. The van der Waals surface area contributed by atoms with Gasteiger partial charge in [0.1, 0.15) is 5.69 Å². The minimum absolute atomic E-state index is 0.508. The van der Waals surface area contributed by atoms with Crippen LogP contribution in [-0.2, 0) is 6.42 Å². The lowest BCUT2D eigenvalue weighted by Gasteiger charge is -2.04. The summed E-state index contributed by atoms with van der Waals surface area (Å²) in [5.41, 5.74) is 2.91. The van der Waals surface area contributed by atoms with Crippen LogP contribution < -0.4 is 0 Å². The Kier molecular flexibility index (Phi) is 3.55. The molecule has 0 spiro atoms. The summed E-state index contributed by atoms with van der Waals surface area (Å²) in [6.45, 7) is 2.05. The highest BCUT2D eigenvalue weighted by atomic mass is 16.1. The minimum atomic E-state index is 0.508. The number of aryl methyl sites for hydroxylation is 1. The second-order valence-electron chi connectivity index (χ2n) is 4.55. The highest BCUT2D eigenvalue weighted by molar-refractivity contribution is 5.85. The van der Waals surface area contributed by atoms with Gasteiger partial charge in [-0.05, 0) is 30.2 Å². The normalized spacial score (nSPS) is 10.5. The third-order valence-electron chi connectivity index (χ3n) is 3.25. The van der Waals surface area contributed by atoms with Crippen molar-refractivity contribution >= 4 is 6.29 Å². The van der Waals surface area contributed by atoms with Gasteiger partial charge in [0.25, 0.3) is 0 Å². The van der Waals surface area contributed by atoms with E-state index in [0.717, 1.165) is 24.0 Å². The lowest BCUT2D eigenvalue weighted by molar-refractivity contribution is 0.112. The third-order valence-corrected chi connectivity index (χ3v) is 3.25. The standard InChI is InChI=1S/C16H14N4O/c1-2-12-6-5-9-18-15(12)16-13(11-21)10-20(19-16)14-7-3-4-8-17-14/h3-11H,2H2,1H3. The van der Waals surface area contributed by atoms with E-state index in [4.69, 9.17) is 0 Å². The van der Waals surface area contributed by atoms with Crippen LogP contribution in [0.15, 0.2) is 48.9 Å². The Labute approximate surface area is 122 Å². The van der Waals surface area contributed by atoms with Crippen molar-refractivity contribution in [3.8, 4) is 17.2 Å². The van der Waals surface area contributed by atoms with Crippen LogP contribution >= 0.6 is 0 Å². The SMILES string of the molecule is CCc1cccnc1-c1nn(-c2ccccn2)cc1C=O. The number of aromatic nitrogens is 4. The molecule has 104 valence electrons. The van der Waals surface area contributed by atoms with Crippen molar-refractivity contribution < 1.29 is 4.79 Å². The van der Waals surface area contributed by atoms with Gasteiger partial charge >= 0.3 is 0 Å². The van der Waals surface area contributed by atoms with E-state index in [9.17, 15) is 4.79 Å². The summed E-state index contributed by atoms with van der Waals surface area (Å²) in [5.74, 6) is 0.667. The Bertz CT molecular complexity index is 765. The predicted octanol–water partition coefficient (Wildman–Crippen LogP) is 2.70. The molecule has 3 aromatic rings. The second kappa shape index (κ2) is 5.66. The monoisotopic (exact) mass is 278 g/mol. The first-order chi connectivity index (χ1) is 10.3. The van der Waals surface area contributed by atoms with Gasteiger partial charge in [-0.1, -0.05) is 19.1 Å². The van der Waals surface area contributed by atoms with Crippen molar-refractivity contribution in [2.24, 2.45) is 0 Å². The predicted molar refractivity (Wildman–Crippen MR) is 79.4 cm³/mol. The Morgan fingerprint density at radius 2 is 1.95 bits per heavy atom. The molecule has 0 fully saturated rings. The molecule has 0 saturated carbocycles. The number of nitrogens with zero attached hydrogens (tertiary/aromatic N) is 4. The fourth-order valence-electron chi connectivity index (χ4n) is 2.20. The summed E-state index contributed by atoms with van der Waals surface area (Å²) in [5, 5.41) is 4.49. The van der Waals surface area contributed by atoms with Crippen LogP contribution in [0.1, 0.15) is 22.8 Å². The van der Waals surface area contributed by atoms with E-state index in [-0.39, 0.29) is 0 Å². The first-order valence-corrected chi connectivity index (χ1v) is 6.74. The Balaban J connectivity index is 2.15. The topological polar surface area (TPSA) is 60.7 Å². The molecule has 0 unspecified atom stereocenters. The zero-order valence-corrected chi connectivity index (χ0v) is 11.6. The van der Waals surface area contributed by atoms with Gasteiger partial charge in [0.2, 0.25) is 0 Å². The van der Waals surface area contributed by atoms with Crippen LogP contribution in [0.4, 0.5) is 0 Å². The van der Waals surface area contributed by atoms with Crippen LogP contribution in [0.3, 0.4) is 0 Å². The maximum Gasteiger partial charge on any atom is 0.153 e. The molecule has 0 radical (unpaired) electrons. The molecule has 3 aromatic heterocycles. The van der Waals surface area contributed by atoms with Crippen LogP contribution in [0.2, 0.25) is 0 Å². The van der Waals surface area contributed by atoms with E-state index in [1.54, 1.807) is 23.3 Å². The van der Waals surface area contributed by atoms with E-state index in [1.807, 2.05) is 30.3 Å². The fourth-order valence-corrected chi connectivity index (χ4v) is 2.20. The molecule has 3 rings (SSSR count). The number of carbonyl (C=O) groups is 1. The molecule has 0 atom stereocenters. The van der Waals surface area contributed by atoms with Gasteiger partial charge in [0.15, 0.2) is 12.1 Å². The molecule has 0 aromatic carbocycles. The van der Waals surface area contributed by atoms with Gasteiger partial charge in [0.05, 0.1) is 11.3 Å². The first kappa shape index (κ1) is 13.2. The number of carbonyl (C=O) groups excluding carboxylic acids is 1. The first-order valence-electron chi connectivity index (χ1n) is 6.74. The summed E-state index contributed by atoms with van der Waals surface area (Å²) >= 11 is 0. The van der Waals surface area contributed by atoms with Crippen molar-refractivity contribution in [2.45, 2.75) is 13.3 Å². The summed E-state index contributed by atoms with van der Waals surface area (Å²) < 4.78 is 1.60. The molecule has 5 heteroatoms. The summed E-state index contributed by atoms with van der Waals surface area (Å²) in [6.07, 6.45) is 6.71. The largest absolute Gasteiger partial charge is 0.298 e. The van der Waals surface area contributed by atoms with Gasteiger partial charge in [0, 0.05) is 18.6 Å². The number of pyridine rings is 2. The van der Waals surface area contributed by atoms with Gasteiger partial charge in [-0.3, -0.25) is 9.78 Å². The second-order valence-corrected chi connectivity index (χ2v) is 4.55. The molecule has 5 nitrogen and oxygen atoms in total. The molecule has 0 N–H and O–H groups in total. The van der Waals surface area contributed by atoms with Crippen LogP contribution in [0.5, 0.6) is 0 Å². The maximum absolute atomic E-state index is 11.3. The van der Waals surface area contributed by atoms with Gasteiger partial charge in [-0.15, -0.1) is 0 Å². The minimum Gasteiger partial charge on any atom is -0.298 e. The molecule has 0 amide bonds. The fraction of sp³-hybridized carbons (Fsp3) is 0.125. The lowest BCUT2D eigenvalue weighted by Crippen LogP contribution is -1.98. The van der Waals surface area contributed by atoms with Gasteiger partial charge < -0.3 is 0 Å². The average Bonchev–Trinajstić information content (AvgIpc) is 2.99. The molecule has 0 aliphatic rings. The third kappa shape index (κ3) is 2.45. The maximum atomic E-state index is 11.3. The zero-order valence-electron chi connectivity index (χ0n) is 11.6. The van der Waals surface area contributed by atoms with E-state index < -0.39 is 0 Å². The Morgan fingerprint density at radius 3 is 2.67 bits per heavy atom. The van der Waals surface area contributed by atoms with Crippen molar-refractivity contribution in [1.29, 1.82) is 0 Å². The molecule has 0 aliphatic heterocycles. The van der Waals surface area contributed by atoms with Crippen molar-refractivity contribution in [1.82, 2.24) is 19.7 Å². The molecular weight excluding hydrogens is 264 g/mol. The number of rotatable bonds is 4. The van der Waals surface area contributed by atoms with Gasteiger partial charge in [-0.2, -0.15) is 5.10 Å². The quantitative estimate of drug-likeness (QED) is 0.688. The number of hydrogen-bond donors (Lipinski definition) is 0. The summed E-state index contributed by atoms with van der Waals surface area (Å²) in [4.78, 5) is 20.0. The lowest BCUT2D eigenvalue weighted by atomic mass is 10.1. The Morgan fingerprint density at radius 1 is 1.10 bits per heavy atom. The number of aldehydes is 1. The Hall–Kier alpha value is -2.82. The molecular formula is C16H14N4O. The van der Waals surface area contributed by atoms with Gasteiger partial charge in [-0.25, -0.2) is 9.67 Å². The molecule has 21 heavy (non-hydrogen) atoms. The van der Waals surface area contributed by atoms with E-state index in [1.165, 1.54) is 0 Å². The average molecular weight is 278 g/mol. The van der Waals surface area contributed by atoms with E-state index in [0.29, 0.717) is 17.1 Å². The van der Waals surface area contributed by atoms with Crippen molar-refractivity contribution in [3.05, 3.63) is 60.0 Å². The zero-order chi connectivity index (χ0) is 14.7. The highest BCUT2D eigenvalue weighted by Gasteiger charge is 2.15. The smallest absolute Gasteiger partial charge is 0.153 e. The summed E-state index contributed by atoms with van der Waals surface area (Å²) in [6, 6.07) is 9.44. The molecule has 3 heterocycles. The van der Waals surface area contributed by atoms with E-state index >= 15 is 0 Å². The summed E-state index contributed by atoms with van der Waals surface area (Å²) in [7, 11) is 0. The molecule has 0 aliphatic carbocycles. The highest BCUT2D eigenvalue weighted by Crippen LogP contribution is 2.23.